The predicted octanol–water partition coefficient (Wildman–Crippen LogP) is -5.48. The summed E-state index contributed by atoms with van der Waals surface area (Å²) in [4.78, 5) is 0. The van der Waals surface area contributed by atoms with Gasteiger partial charge in [-0.3, -0.25) is 18.2 Å². The van der Waals surface area contributed by atoms with Crippen molar-refractivity contribution >= 4 is 41.6 Å². The summed E-state index contributed by atoms with van der Waals surface area (Å²) in [5.41, 5.74) is 0. The van der Waals surface area contributed by atoms with Crippen LogP contribution in [0.4, 0.5) is 0 Å². The minimum absolute atomic E-state index is 3.27. The lowest BCUT2D eigenvalue weighted by atomic mass is 9.96. The van der Waals surface area contributed by atoms with Gasteiger partial charge in [-0.1, -0.05) is 0 Å². The second kappa shape index (κ2) is 9.21. The first-order chi connectivity index (χ1) is 12.5. The first-order valence-corrected chi connectivity index (χ1v) is 11.3. The quantitative estimate of drug-likeness (QED) is 0.0878. The summed E-state index contributed by atoms with van der Waals surface area (Å²) >= 11 is 0. The maximum absolute atomic E-state index is 10.9. The third-order valence-electron chi connectivity index (χ3n) is 2.34. The molecule has 0 aromatic heterocycles. The number of hydrogen-bond donors (Lipinski definition) is 8. The van der Waals surface area contributed by atoms with Crippen molar-refractivity contribution in [2.75, 3.05) is 0 Å². The van der Waals surface area contributed by atoms with Crippen molar-refractivity contribution in [2.45, 2.75) is 24.7 Å². The molecular formula is C5H12O20S4. The van der Waals surface area contributed by atoms with Gasteiger partial charge in [-0.2, -0.15) is 33.7 Å². The highest BCUT2D eigenvalue weighted by Gasteiger charge is 2.59. The van der Waals surface area contributed by atoms with Crippen molar-refractivity contribution in [1.29, 1.82) is 0 Å². The highest BCUT2D eigenvalue weighted by Crippen LogP contribution is 2.34. The van der Waals surface area contributed by atoms with E-state index in [9.17, 15) is 54.1 Å². The molecule has 29 heavy (non-hydrogen) atoms. The summed E-state index contributed by atoms with van der Waals surface area (Å²) in [5, 5.41) is 38.5. The van der Waals surface area contributed by atoms with Crippen LogP contribution in [0.5, 0.6) is 0 Å². The molecule has 0 aliphatic rings. The molecule has 0 rings (SSSR count). The maximum Gasteiger partial charge on any atom is 0.400 e. The van der Waals surface area contributed by atoms with Crippen LogP contribution < -0.4 is 0 Å². The largest absolute Gasteiger partial charge is 0.400 e. The Morgan fingerprint density at radius 2 is 0.897 bits per heavy atom. The van der Waals surface area contributed by atoms with Crippen LogP contribution in [0.15, 0.2) is 0 Å². The standard InChI is InChI=1S/C5H12O20S4/c6-2(22-26(10,11)12)1(3(7)23-27(13,14)15)5(9,25-29(19,20)21)4(8)24-28(16,17)18/h1-4,6-9H,(H,10,11,12)(H,13,14,15)(H,16,17,18)(H,19,20,21). The predicted molar refractivity (Wildman–Crippen MR) is 77.0 cm³/mol. The van der Waals surface area contributed by atoms with E-state index in [4.69, 9.17) is 18.2 Å². The monoisotopic (exact) mass is 520 g/mol. The molecule has 4 atom stereocenters. The summed E-state index contributed by atoms with van der Waals surface area (Å²) in [6.07, 6.45) is -11.1. The SMILES string of the molecule is O=S(=O)(O)OC(O)C(C(O)OS(=O)(=O)O)C(O)(OS(=O)(=O)O)C(O)OS(=O)(=O)O. The lowest BCUT2D eigenvalue weighted by Gasteiger charge is -2.38. The van der Waals surface area contributed by atoms with E-state index in [1.54, 1.807) is 0 Å². The fourth-order valence-corrected chi connectivity index (χ4v) is 3.17. The number of aliphatic hydroxyl groups is 4. The second-order valence-electron chi connectivity index (χ2n) is 4.49. The van der Waals surface area contributed by atoms with Crippen LogP contribution in [0.1, 0.15) is 0 Å². The molecule has 0 aromatic rings. The van der Waals surface area contributed by atoms with Gasteiger partial charge in [-0.25, -0.2) is 16.7 Å². The van der Waals surface area contributed by atoms with E-state index in [0.29, 0.717) is 0 Å². The molecule has 0 aromatic carbocycles. The van der Waals surface area contributed by atoms with E-state index < -0.39 is 72.2 Å². The molecule has 0 spiro atoms. The molecule has 176 valence electrons. The maximum atomic E-state index is 10.9. The lowest BCUT2D eigenvalue weighted by molar-refractivity contribution is -0.343. The zero-order chi connectivity index (χ0) is 23.6. The van der Waals surface area contributed by atoms with E-state index in [-0.39, 0.29) is 0 Å². The minimum atomic E-state index is -6.11. The van der Waals surface area contributed by atoms with Crippen LogP contribution in [0.25, 0.3) is 0 Å². The van der Waals surface area contributed by atoms with E-state index >= 15 is 0 Å². The highest BCUT2D eigenvalue weighted by molar-refractivity contribution is 7.81. The summed E-state index contributed by atoms with van der Waals surface area (Å²) < 4.78 is 133. The topological polar surface area (TPSA) is 335 Å². The molecular weight excluding hydrogens is 508 g/mol. The van der Waals surface area contributed by atoms with Gasteiger partial charge in [0.1, 0.15) is 5.92 Å². The van der Waals surface area contributed by atoms with Crippen molar-refractivity contribution in [3.05, 3.63) is 0 Å². The number of rotatable bonds is 12. The molecule has 20 nitrogen and oxygen atoms in total. The van der Waals surface area contributed by atoms with Gasteiger partial charge in [0.25, 0.3) is 5.79 Å². The summed E-state index contributed by atoms with van der Waals surface area (Å²) in [6.45, 7) is 0. The second-order valence-corrected chi connectivity index (χ2v) is 8.66. The van der Waals surface area contributed by atoms with Gasteiger partial charge in [-0.05, 0) is 0 Å². The van der Waals surface area contributed by atoms with Gasteiger partial charge in [0, 0.05) is 0 Å². The van der Waals surface area contributed by atoms with Crippen molar-refractivity contribution in [3.63, 3.8) is 0 Å². The number of aliphatic hydroxyl groups excluding tert-OH is 3. The van der Waals surface area contributed by atoms with Crippen LogP contribution in [-0.2, 0) is 58.3 Å². The van der Waals surface area contributed by atoms with E-state index in [1.807, 2.05) is 0 Å². The van der Waals surface area contributed by atoms with Gasteiger partial charge >= 0.3 is 41.6 Å². The molecule has 0 aliphatic carbocycles. The van der Waals surface area contributed by atoms with Gasteiger partial charge in [-0.15, -0.1) is 0 Å². The average molecular weight is 520 g/mol. The molecule has 0 amide bonds. The Kier molecular flexibility index (Phi) is 9.00. The molecule has 4 unspecified atom stereocenters. The molecule has 0 saturated carbocycles. The lowest BCUT2D eigenvalue weighted by Crippen LogP contribution is -2.61. The third kappa shape index (κ3) is 10.8. The highest BCUT2D eigenvalue weighted by atomic mass is 32.3. The molecule has 0 fully saturated rings. The molecule has 0 bridgehead atoms. The van der Waals surface area contributed by atoms with Crippen molar-refractivity contribution in [2.24, 2.45) is 5.92 Å². The van der Waals surface area contributed by atoms with Crippen LogP contribution in [-0.4, -0.2) is 97.0 Å². The molecule has 0 aliphatic heterocycles. The summed E-state index contributed by atoms with van der Waals surface area (Å²) in [5.74, 6) is -8.32. The van der Waals surface area contributed by atoms with Crippen molar-refractivity contribution < 1.29 is 89.0 Å². The Morgan fingerprint density at radius 1 is 0.586 bits per heavy atom. The van der Waals surface area contributed by atoms with Crippen LogP contribution in [0.3, 0.4) is 0 Å². The van der Waals surface area contributed by atoms with Gasteiger partial charge in [0.2, 0.25) is 6.29 Å². The molecule has 24 heteroatoms. The Bertz CT molecular complexity index is 933. The van der Waals surface area contributed by atoms with E-state index in [2.05, 4.69) is 16.7 Å². The Morgan fingerprint density at radius 3 is 1.14 bits per heavy atom. The Balaban J connectivity index is 6.65. The van der Waals surface area contributed by atoms with Crippen molar-refractivity contribution in [1.82, 2.24) is 0 Å². The smallest absolute Gasteiger partial charge is 0.366 e. The van der Waals surface area contributed by atoms with E-state index in [1.165, 1.54) is 0 Å². The minimum Gasteiger partial charge on any atom is -0.366 e. The fourth-order valence-electron chi connectivity index (χ4n) is 1.53. The first-order valence-electron chi connectivity index (χ1n) is 5.88. The zero-order valence-electron chi connectivity index (χ0n) is 12.9. The van der Waals surface area contributed by atoms with Crippen LogP contribution in [0, 0.1) is 5.92 Å². The molecule has 0 saturated heterocycles. The molecule has 0 radical (unpaired) electrons. The average Bonchev–Trinajstić information content (AvgIpc) is 2.28. The Labute approximate surface area is 161 Å². The fraction of sp³-hybridized carbons (Fsp3) is 1.00. The normalized spacial score (nSPS) is 20.4. The van der Waals surface area contributed by atoms with Crippen LogP contribution in [0.2, 0.25) is 0 Å². The van der Waals surface area contributed by atoms with Gasteiger partial charge < -0.3 is 20.4 Å². The first kappa shape index (κ1) is 28.3. The van der Waals surface area contributed by atoms with E-state index in [0.717, 1.165) is 0 Å². The molecule has 8 N–H and O–H groups in total. The van der Waals surface area contributed by atoms with Gasteiger partial charge in [0.15, 0.2) is 12.6 Å². The van der Waals surface area contributed by atoms with Crippen LogP contribution >= 0.6 is 0 Å². The molecule has 0 heterocycles. The Hall–Kier alpha value is -0.680. The summed E-state index contributed by atoms with van der Waals surface area (Å²) in [7, 11) is -23.6. The van der Waals surface area contributed by atoms with Crippen molar-refractivity contribution in [3.8, 4) is 0 Å². The third-order valence-corrected chi connectivity index (χ3v) is 4.12. The number of hydrogen-bond acceptors (Lipinski definition) is 16. The van der Waals surface area contributed by atoms with Gasteiger partial charge in [0.05, 0.1) is 0 Å². The summed E-state index contributed by atoms with van der Waals surface area (Å²) in [6, 6.07) is 0. The zero-order valence-corrected chi connectivity index (χ0v) is 16.2.